The number of rotatable bonds is 11. The van der Waals surface area contributed by atoms with Gasteiger partial charge in [-0.05, 0) is 60.8 Å². The highest BCUT2D eigenvalue weighted by Gasteiger charge is 2.22. The van der Waals surface area contributed by atoms with Crippen molar-refractivity contribution in [1.82, 2.24) is 15.5 Å². The summed E-state index contributed by atoms with van der Waals surface area (Å²) in [6.45, 7) is 11.3. The second kappa shape index (κ2) is 13.6. The van der Waals surface area contributed by atoms with Crippen molar-refractivity contribution in [2.24, 2.45) is 0 Å². The molecule has 0 saturated carbocycles. The summed E-state index contributed by atoms with van der Waals surface area (Å²) in [5.74, 6) is -1.23. The molecule has 0 bridgehead atoms. The average molecular weight is 448 g/mol. The Labute approximate surface area is 183 Å². The van der Waals surface area contributed by atoms with E-state index >= 15 is 0 Å². The lowest BCUT2D eigenvalue weighted by molar-refractivity contribution is -0.140. The van der Waals surface area contributed by atoms with E-state index in [0.717, 1.165) is 0 Å². The summed E-state index contributed by atoms with van der Waals surface area (Å²) in [6.07, 6.45) is -0.135. The van der Waals surface area contributed by atoms with Gasteiger partial charge in [0.2, 0.25) is 0 Å². The molecule has 0 aromatic rings. The highest BCUT2D eigenvalue weighted by molar-refractivity contribution is 5.74. The third-order valence-electron chi connectivity index (χ3n) is 3.38. The van der Waals surface area contributed by atoms with E-state index in [-0.39, 0.29) is 6.54 Å². The number of nitrogens with zero attached hydrogens (tertiary/aromatic N) is 1. The third-order valence-corrected chi connectivity index (χ3v) is 3.38. The van der Waals surface area contributed by atoms with Crippen molar-refractivity contribution in [3.05, 3.63) is 0 Å². The predicted octanol–water partition coefficient (Wildman–Crippen LogP) is 2.73. The fourth-order valence-electron chi connectivity index (χ4n) is 2.19. The number of carboxylic acid groups (broad SMARTS) is 1. The molecule has 0 unspecified atom stereocenters. The van der Waals surface area contributed by atoms with Crippen LogP contribution in [0, 0.1) is 0 Å². The van der Waals surface area contributed by atoms with Crippen molar-refractivity contribution >= 4 is 24.2 Å². The van der Waals surface area contributed by atoms with Gasteiger partial charge in [-0.25, -0.2) is 19.2 Å². The number of hydrogen-bond donors (Lipinski definition) is 3. The van der Waals surface area contributed by atoms with Gasteiger partial charge in [0.25, 0.3) is 0 Å². The number of nitrogens with one attached hydrogen (secondary N) is 2. The summed E-state index contributed by atoms with van der Waals surface area (Å²) in [5, 5.41) is 13.5. The minimum absolute atomic E-state index is 0.279. The molecule has 0 fully saturated rings. The van der Waals surface area contributed by atoms with Gasteiger partial charge in [0.1, 0.15) is 11.2 Å². The van der Waals surface area contributed by atoms with Crippen LogP contribution in [0.15, 0.2) is 0 Å². The van der Waals surface area contributed by atoms with E-state index in [4.69, 9.17) is 14.6 Å². The van der Waals surface area contributed by atoms with Gasteiger partial charge in [-0.2, -0.15) is 0 Å². The lowest BCUT2D eigenvalue weighted by Crippen LogP contribution is -2.39. The summed E-state index contributed by atoms with van der Waals surface area (Å²) in [5.41, 5.74) is -1.22. The van der Waals surface area contributed by atoms with E-state index in [2.05, 4.69) is 15.4 Å². The van der Waals surface area contributed by atoms with Crippen LogP contribution in [-0.4, -0.2) is 78.2 Å². The number of carbonyl (C=O) groups is 4. The molecule has 0 atom stereocenters. The van der Waals surface area contributed by atoms with Crippen molar-refractivity contribution in [2.75, 3.05) is 32.8 Å². The van der Waals surface area contributed by atoms with Gasteiger partial charge in [0, 0.05) is 26.2 Å². The lowest BCUT2D eigenvalue weighted by Gasteiger charge is -2.27. The molecule has 0 aromatic heterocycles. The summed E-state index contributed by atoms with van der Waals surface area (Å²) in [4.78, 5) is 47.3. The van der Waals surface area contributed by atoms with Crippen LogP contribution in [-0.2, 0) is 19.0 Å². The van der Waals surface area contributed by atoms with Gasteiger partial charge in [-0.15, -0.1) is 0 Å². The smallest absolute Gasteiger partial charge is 0.410 e. The van der Waals surface area contributed by atoms with Crippen molar-refractivity contribution in [1.29, 1.82) is 0 Å². The van der Waals surface area contributed by atoms with Gasteiger partial charge in [-0.1, -0.05) is 0 Å². The molecule has 0 aliphatic rings. The number of hydrogen-bond acceptors (Lipinski definition) is 7. The molecule has 0 aliphatic heterocycles. The average Bonchev–Trinajstić information content (AvgIpc) is 2.58. The zero-order valence-electron chi connectivity index (χ0n) is 19.4. The first kappa shape index (κ1) is 28.3. The molecule has 0 spiro atoms. The first-order valence-corrected chi connectivity index (χ1v) is 10.3. The number of amides is 3. The van der Waals surface area contributed by atoms with Crippen LogP contribution in [0.3, 0.4) is 0 Å². The molecule has 0 saturated heterocycles. The van der Waals surface area contributed by atoms with E-state index in [9.17, 15) is 19.2 Å². The molecule has 11 nitrogen and oxygen atoms in total. The van der Waals surface area contributed by atoms with Gasteiger partial charge in [0.05, 0.1) is 0 Å². The Kier molecular flexibility index (Phi) is 12.4. The molecule has 3 N–H and O–H groups in total. The van der Waals surface area contributed by atoms with Crippen molar-refractivity contribution in [3.8, 4) is 0 Å². The summed E-state index contributed by atoms with van der Waals surface area (Å²) in [7, 11) is 0. The molecule has 0 aliphatic carbocycles. The van der Waals surface area contributed by atoms with E-state index in [1.54, 1.807) is 46.4 Å². The molecule has 0 aromatic carbocycles. The number of alkyl carbamates (subject to hydrolysis) is 2. The molecule has 180 valence electrons. The zero-order chi connectivity index (χ0) is 24.1. The van der Waals surface area contributed by atoms with Crippen LogP contribution < -0.4 is 10.6 Å². The molecule has 0 rings (SSSR count). The van der Waals surface area contributed by atoms with Gasteiger partial charge >= 0.3 is 24.2 Å². The summed E-state index contributed by atoms with van der Waals surface area (Å²) < 4.78 is 15.1. The Bertz CT molecular complexity index is 596. The maximum absolute atomic E-state index is 12.4. The van der Waals surface area contributed by atoms with Crippen molar-refractivity contribution < 1.29 is 38.5 Å². The summed E-state index contributed by atoms with van der Waals surface area (Å²) in [6, 6.07) is 0. The minimum atomic E-state index is -1.23. The van der Waals surface area contributed by atoms with E-state index in [0.29, 0.717) is 38.9 Å². The molecule has 11 heteroatoms. The lowest BCUT2D eigenvalue weighted by atomic mass is 10.2. The SMILES string of the molecule is CC(C)(C)OC(=O)NCCCN(CCCCNC(=O)OCC(=O)O)C(=O)OC(C)(C)C. The number of ether oxygens (including phenoxy) is 3. The third kappa shape index (κ3) is 17.8. The van der Waals surface area contributed by atoms with Gasteiger partial charge in [0.15, 0.2) is 6.61 Å². The molecular weight excluding hydrogens is 410 g/mol. The molecule has 31 heavy (non-hydrogen) atoms. The van der Waals surface area contributed by atoms with E-state index < -0.39 is 42.1 Å². The normalized spacial score (nSPS) is 11.3. The quantitative estimate of drug-likeness (QED) is 0.324. The number of unbranched alkanes of at least 4 members (excludes halogenated alkanes) is 1. The molecular formula is C20H37N3O8. The van der Waals surface area contributed by atoms with E-state index in [1.807, 2.05) is 0 Å². The Morgan fingerprint density at radius 1 is 0.774 bits per heavy atom. The van der Waals surface area contributed by atoms with Gasteiger partial charge in [-0.3, -0.25) is 0 Å². The Morgan fingerprint density at radius 2 is 1.29 bits per heavy atom. The maximum atomic E-state index is 12.4. The van der Waals surface area contributed by atoms with Crippen LogP contribution in [0.5, 0.6) is 0 Å². The van der Waals surface area contributed by atoms with Crippen molar-refractivity contribution in [2.45, 2.75) is 72.0 Å². The fourth-order valence-corrected chi connectivity index (χ4v) is 2.19. The van der Waals surface area contributed by atoms with Crippen LogP contribution in [0.25, 0.3) is 0 Å². The Balaban J connectivity index is 4.39. The van der Waals surface area contributed by atoms with Crippen LogP contribution in [0.4, 0.5) is 14.4 Å². The van der Waals surface area contributed by atoms with Gasteiger partial charge < -0.3 is 34.9 Å². The minimum Gasteiger partial charge on any atom is -0.479 e. The highest BCUT2D eigenvalue weighted by Crippen LogP contribution is 2.11. The van der Waals surface area contributed by atoms with Crippen LogP contribution in [0.1, 0.15) is 60.8 Å². The fraction of sp³-hybridized carbons (Fsp3) is 0.800. The second-order valence-electron chi connectivity index (χ2n) is 8.85. The van der Waals surface area contributed by atoms with Crippen molar-refractivity contribution in [3.63, 3.8) is 0 Å². The first-order valence-electron chi connectivity index (χ1n) is 10.3. The number of carboxylic acids is 1. The topological polar surface area (TPSA) is 144 Å². The van der Waals surface area contributed by atoms with Crippen LogP contribution >= 0.6 is 0 Å². The monoisotopic (exact) mass is 447 g/mol. The predicted molar refractivity (Wildman–Crippen MR) is 113 cm³/mol. The zero-order valence-corrected chi connectivity index (χ0v) is 19.4. The maximum Gasteiger partial charge on any atom is 0.410 e. The van der Waals surface area contributed by atoms with Crippen LogP contribution in [0.2, 0.25) is 0 Å². The Hall–Kier alpha value is -2.72. The number of carbonyl (C=O) groups excluding carboxylic acids is 3. The standard InChI is InChI=1S/C20H37N3O8/c1-19(2,3)30-17(27)22-11-9-13-23(18(28)31-20(4,5)6)12-8-7-10-21-16(26)29-14-15(24)25/h7-14H2,1-6H3,(H,21,26)(H,22,27)(H,24,25). The molecule has 0 radical (unpaired) electrons. The number of aliphatic carboxylic acids is 1. The summed E-state index contributed by atoms with van der Waals surface area (Å²) >= 11 is 0. The Morgan fingerprint density at radius 3 is 1.84 bits per heavy atom. The first-order chi connectivity index (χ1) is 14.2. The second-order valence-corrected chi connectivity index (χ2v) is 8.85. The van der Waals surface area contributed by atoms with E-state index in [1.165, 1.54) is 0 Å². The largest absolute Gasteiger partial charge is 0.479 e. The molecule has 0 heterocycles. The highest BCUT2D eigenvalue weighted by atomic mass is 16.6. The molecule has 3 amide bonds.